The van der Waals surface area contributed by atoms with Gasteiger partial charge in [-0.3, -0.25) is 0 Å². The van der Waals surface area contributed by atoms with Crippen molar-refractivity contribution in [2.75, 3.05) is 25.4 Å². The Balaban J connectivity index is 2.30. The maximum Gasteiger partial charge on any atom is 0.224 e. The van der Waals surface area contributed by atoms with Crippen LogP contribution in [0.25, 0.3) is 22.2 Å². The number of nitrogens with two attached hydrogens (primary N) is 2. The number of aryl methyl sites for hydroxylation is 1. The minimum absolute atomic E-state index is 0.106. The van der Waals surface area contributed by atoms with Crippen LogP contribution in [0.4, 0.5) is 11.8 Å². The lowest BCUT2D eigenvalue weighted by atomic mass is 9.96. The number of hydrogen-bond donors (Lipinski definition) is 2. The fraction of sp³-hybridized carbons (Fsp3) is 0.235. The van der Waals surface area contributed by atoms with E-state index in [0.717, 1.165) is 22.4 Å². The molecule has 124 valence electrons. The third-order valence-electron chi connectivity index (χ3n) is 3.71. The second-order valence-electron chi connectivity index (χ2n) is 5.34. The molecular formula is C17H19N5O2. The van der Waals surface area contributed by atoms with E-state index in [1.54, 1.807) is 7.11 Å². The molecule has 0 aliphatic rings. The van der Waals surface area contributed by atoms with Crippen LogP contribution in [0.15, 0.2) is 30.3 Å². The summed E-state index contributed by atoms with van der Waals surface area (Å²) in [7, 11) is 1.58. The van der Waals surface area contributed by atoms with Crippen molar-refractivity contribution in [1.29, 1.82) is 0 Å². The van der Waals surface area contributed by atoms with E-state index in [4.69, 9.17) is 20.9 Å². The molecule has 0 bridgehead atoms. The average molecular weight is 325 g/mol. The Morgan fingerprint density at radius 1 is 1.04 bits per heavy atom. The molecule has 0 saturated heterocycles. The number of nitrogen functional groups attached to an aromatic ring is 2. The normalized spacial score (nSPS) is 11.1. The van der Waals surface area contributed by atoms with Gasteiger partial charge in [-0.2, -0.15) is 9.97 Å². The van der Waals surface area contributed by atoms with Crippen LogP contribution < -0.4 is 11.5 Å². The predicted octanol–water partition coefficient (Wildman–Crippen LogP) is 2.29. The summed E-state index contributed by atoms with van der Waals surface area (Å²) in [6, 6.07) is 9.89. The van der Waals surface area contributed by atoms with Gasteiger partial charge >= 0.3 is 0 Å². The van der Waals surface area contributed by atoms with E-state index in [1.807, 2.05) is 37.3 Å². The first kappa shape index (κ1) is 16.1. The molecule has 0 amide bonds. The highest BCUT2D eigenvalue weighted by molar-refractivity contribution is 6.01. The van der Waals surface area contributed by atoms with Crippen LogP contribution >= 0.6 is 0 Å². The summed E-state index contributed by atoms with van der Waals surface area (Å²) in [5, 5.41) is 0.678. The van der Waals surface area contributed by atoms with Gasteiger partial charge in [-0.15, -0.1) is 0 Å². The number of fused-ring (bicyclic) bond motifs is 1. The lowest BCUT2D eigenvalue weighted by molar-refractivity contribution is -0.0391. The van der Waals surface area contributed by atoms with Gasteiger partial charge in [0.2, 0.25) is 5.95 Å². The Hall–Kier alpha value is -2.77. The van der Waals surface area contributed by atoms with Crippen molar-refractivity contribution < 1.29 is 9.47 Å². The van der Waals surface area contributed by atoms with E-state index in [1.165, 1.54) is 0 Å². The molecule has 0 aliphatic carbocycles. The highest BCUT2D eigenvalue weighted by Gasteiger charge is 2.18. The minimum Gasteiger partial charge on any atom is -0.383 e. The highest BCUT2D eigenvalue weighted by atomic mass is 16.7. The number of anilines is 2. The Bertz CT molecular complexity index is 868. The van der Waals surface area contributed by atoms with Crippen molar-refractivity contribution in [3.8, 4) is 11.1 Å². The van der Waals surface area contributed by atoms with Crippen LogP contribution in [0.1, 0.15) is 11.3 Å². The smallest absolute Gasteiger partial charge is 0.224 e. The molecule has 7 heteroatoms. The van der Waals surface area contributed by atoms with E-state index >= 15 is 0 Å². The van der Waals surface area contributed by atoms with Crippen molar-refractivity contribution in [3.05, 3.63) is 41.6 Å². The average Bonchev–Trinajstić information content (AvgIpc) is 2.56. The summed E-state index contributed by atoms with van der Waals surface area (Å²) in [5.41, 5.74) is 15.9. The third kappa shape index (κ3) is 2.99. The molecule has 7 nitrogen and oxygen atoms in total. The zero-order chi connectivity index (χ0) is 17.1. The van der Waals surface area contributed by atoms with Gasteiger partial charge in [0.25, 0.3) is 0 Å². The van der Waals surface area contributed by atoms with Gasteiger partial charge < -0.3 is 20.9 Å². The molecule has 3 rings (SSSR count). The number of benzene rings is 1. The monoisotopic (exact) mass is 325 g/mol. The zero-order valence-corrected chi connectivity index (χ0v) is 13.6. The molecule has 24 heavy (non-hydrogen) atoms. The molecule has 4 N–H and O–H groups in total. The SMILES string of the molecule is COCOCc1c(C)nc2nc(N)nc(N)c2c1-c1ccccc1. The molecule has 0 atom stereocenters. The molecule has 0 spiro atoms. The molecule has 3 aromatic rings. The van der Waals surface area contributed by atoms with Crippen molar-refractivity contribution in [3.63, 3.8) is 0 Å². The fourth-order valence-corrected chi connectivity index (χ4v) is 2.69. The lowest BCUT2D eigenvalue weighted by Crippen LogP contribution is -2.08. The van der Waals surface area contributed by atoms with Crippen LogP contribution in [-0.4, -0.2) is 28.9 Å². The summed E-state index contributed by atoms with van der Waals surface area (Å²) in [6.45, 7) is 2.45. The molecular weight excluding hydrogens is 306 g/mol. The Morgan fingerprint density at radius 3 is 2.50 bits per heavy atom. The molecule has 1 aromatic carbocycles. The van der Waals surface area contributed by atoms with Gasteiger partial charge in [-0.1, -0.05) is 30.3 Å². The first-order valence-corrected chi connectivity index (χ1v) is 7.46. The summed E-state index contributed by atoms with van der Waals surface area (Å²) in [6.07, 6.45) is 0. The lowest BCUT2D eigenvalue weighted by Gasteiger charge is -2.16. The summed E-state index contributed by atoms with van der Waals surface area (Å²) in [5.74, 6) is 0.408. The van der Waals surface area contributed by atoms with Gasteiger partial charge in [0.05, 0.1) is 12.0 Å². The predicted molar refractivity (Wildman–Crippen MR) is 93.0 cm³/mol. The van der Waals surface area contributed by atoms with Crippen molar-refractivity contribution in [2.24, 2.45) is 0 Å². The quantitative estimate of drug-likeness (QED) is 0.547. The molecule has 0 radical (unpaired) electrons. The van der Waals surface area contributed by atoms with Crippen LogP contribution in [0, 0.1) is 6.92 Å². The molecule has 0 unspecified atom stereocenters. The van der Waals surface area contributed by atoms with Gasteiger partial charge in [0.1, 0.15) is 12.6 Å². The van der Waals surface area contributed by atoms with Crippen LogP contribution in [-0.2, 0) is 16.1 Å². The standard InChI is InChI=1S/C17H19N5O2/c1-10-12(8-24-9-23-2)13(11-6-4-3-5-7-11)14-15(18)21-17(19)22-16(14)20-10/h3-7H,8-9H2,1-2H3,(H4,18,19,20,21,22). The van der Waals surface area contributed by atoms with Gasteiger partial charge in [-0.05, 0) is 12.5 Å². The van der Waals surface area contributed by atoms with Crippen molar-refractivity contribution in [1.82, 2.24) is 15.0 Å². The summed E-state index contributed by atoms with van der Waals surface area (Å²) >= 11 is 0. The second-order valence-corrected chi connectivity index (χ2v) is 5.34. The van der Waals surface area contributed by atoms with E-state index in [9.17, 15) is 0 Å². The topological polar surface area (TPSA) is 109 Å². The number of ether oxygens (including phenoxy) is 2. The fourth-order valence-electron chi connectivity index (χ4n) is 2.69. The Morgan fingerprint density at radius 2 is 1.79 bits per heavy atom. The van der Waals surface area contributed by atoms with E-state index in [-0.39, 0.29) is 12.7 Å². The number of nitrogens with zero attached hydrogens (tertiary/aromatic N) is 3. The van der Waals surface area contributed by atoms with Crippen molar-refractivity contribution in [2.45, 2.75) is 13.5 Å². The molecule has 0 aliphatic heterocycles. The second kappa shape index (κ2) is 6.77. The van der Waals surface area contributed by atoms with Crippen LogP contribution in [0.3, 0.4) is 0 Å². The first-order valence-electron chi connectivity index (χ1n) is 7.46. The molecule has 2 aromatic heterocycles. The molecule has 0 fully saturated rings. The number of methoxy groups -OCH3 is 1. The minimum atomic E-state index is 0.106. The number of pyridine rings is 1. The van der Waals surface area contributed by atoms with Gasteiger partial charge in [-0.25, -0.2) is 4.98 Å². The van der Waals surface area contributed by atoms with Gasteiger partial charge in [0.15, 0.2) is 5.65 Å². The van der Waals surface area contributed by atoms with E-state index in [0.29, 0.717) is 23.5 Å². The maximum absolute atomic E-state index is 6.13. The Kier molecular flexibility index (Phi) is 4.54. The van der Waals surface area contributed by atoms with Gasteiger partial charge in [0, 0.05) is 23.9 Å². The van der Waals surface area contributed by atoms with Crippen molar-refractivity contribution >= 4 is 22.8 Å². The maximum atomic E-state index is 6.13. The molecule has 0 saturated carbocycles. The number of rotatable bonds is 5. The number of aromatic nitrogens is 3. The Labute approximate surface area is 139 Å². The largest absolute Gasteiger partial charge is 0.383 e. The zero-order valence-electron chi connectivity index (χ0n) is 13.6. The van der Waals surface area contributed by atoms with E-state index in [2.05, 4.69) is 15.0 Å². The summed E-state index contributed by atoms with van der Waals surface area (Å²) < 4.78 is 10.5. The molecule has 2 heterocycles. The highest BCUT2D eigenvalue weighted by Crippen LogP contribution is 2.35. The van der Waals surface area contributed by atoms with E-state index < -0.39 is 0 Å². The van der Waals surface area contributed by atoms with Crippen LogP contribution in [0.5, 0.6) is 0 Å². The number of hydrogen-bond acceptors (Lipinski definition) is 7. The first-order chi connectivity index (χ1) is 11.6. The summed E-state index contributed by atoms with van der Waals surface area (Å²) in [4.78, 5) is 12.9. The van der Waals surface area contributed by atoms with Crippen LogP contribution in [0.2, 0.25) is 0 Å². The third-order valence-corrected chi connectivity index (χ3v) is 3.71.